The fraction of sp³-hybridized carbons (Fsp3) is 0.412. The molecule has 1 amide bonds. The van der Waals surface area contributed by atoms with E-state index < -0.39 is 11.7 Å². The number of aromatic nitrogens is 3. The Morgan fingerprint density at radius 3 is 2.42 bits per heavy atom. The van der Waals surface area contributed by atoms with Gasteiger partial charge >= 0.3 is 6.18 Å². The molecule has 2 aromatic rings. The first-order valence-corrected chi connectivity index (χ1v) is 8.18. The number of pyridine rings is 1. The lowest BCUT2D eigenvalue weighted by Crippen LogP contribution is -2.40. The minimum Gasteiger partial charge on any atom is -0.474 e. The smallest absolute Gasteiger partial charge is 0.417 e. The molecule has 1 N–H and O–H groups in total. The number of hydrogen-bond acceptors (Lipinski definition) is 5. The molecule has 0 radical (unpaired) electrons. The predicted octanol–water partition coefficient (Wildman–Crippen LogP) is 3.01. The number of carbonyl (C=O) groups excluding carboxylic acids is 1. The van der Waals surface area contributed by atoms with E-state index in [9.17, 15) is 18.0 Å². The Labute approximate surface area is 147 Å². The van der Waals surface area contributed by atoms with Gasteiger partial charge in [0, 0.05) is 30.7 Å². The van der Waals surface area contributed by atoms with Gasteiger partial charge in [-0.3, -0.25) is 9.78 Å². The van der Waals surface area contributed by atoms with Crippen molar-refractivity contribution in [1.29, 1.82) is 0 Å². The third-order valence-corrected chi connectivity index (χ3v) is 4.16. The van der Waals surface area contributed by atoms with E-state index in [1.165, 1.54) is 24.7 Å². The van der Waals surface area contributed by atoms with Gasteiger partial charge in [-0.15, -0.1) is 0 Å². The quantitative estimate of drug-likeness (QED) is 0.900. The summed E-state index contributed by atoms with van der Waals surface area (Å²) in [6, 6.07) is 2.18. The first-order chi connectivity index (χ1) is 12.4. The van der Waals surface area contributed by atoms with Crippen LogP contribution in [-0.2, 0) is 6.18 Å². The summed E-state index contributed by atoms with van der Waals surface area (Å²) in [6.07, 6.45) is 3.33. The summed E-state index contributed by atoms with van der Waals surface area (Å²) >= 11 is 0. The summed E-state index contributed by atoms with van der Waals surface area (Å²) in [6.45, 7) is 0. The fourth-order valence-corrected chi connectivity index (χ4v) is 2.79. The molecule has 2 heterocycles. The second-order valence-electron chi connectivity index (χ2n) is 6.04. The van der Waals surface area contributed by atoms with Crippen molar-refractivity contribution < 1.29 is 22.7 Å². The molecule has 0 aliphatic heterocycles. The van der Waals surface area contributed by atoms with E-state index in [-0.39, 0.29) is 29.6 Å². The molecule has 3 rings (SSSR count). The van der Waals surface area contributed by atoms with Crippen molar-refractivity contribution in [2.24, 2.45) is 0 Å². The Morgan fingerprint density at radius 1 is 1.08 bits per heavy atom. The Bertz CT molecular complexity index is 730. The molecule has 9 heteroatoms. The Balaban J connectivity index is 1.47. The third-order valence-electron chi connectivity index (χ3n) is 4.16. The van der Waals surface area contributed by atoms with Crippen LogP contribution in [0.1, 0.15) is 41.7 Å². The standard InChI is InChI=1S/C17H17F3N4O2/c18-17(19,20)11-1-6-15(23-9-11)26-13-4-2-12(3-5-13)24-16(25)14-10-21-7-8-22-14/h1,6-10,12-13H,2-5H2,(H,24,25). The molecular weight excluding hydrogens is 349 g/mol. The van der Waals surface area contributed by atoms with Crippen molar-refractivity contribution in [3.8, 4) is 5.88 Å². The molecule has 26 heavy (non-hydrogen) atoms. The van der Waals surface area contributed by atoms with Gasteiger partial charge in [0.2, 0.25) is 5.88 Å². The number of amides is 1. The van der Waals surface area contributed by atoms with Gasteiger partial charge < -0.3 is 10.1 Å². The zero-order chi connectivity index (χ0) is 18.6. The summed E-state index contributed by atoms with van der Waals surface area (Å²) in [5.41, 5.74) is -0.542. The van der Waals surface area contributed by atoms with E-state index in [0.29, 0.717) is 25.7 Å². The number of nitrogens with one attached hydrogen (secondary N) is 1. The maximum Gasteiger partial charge on any atom is 0.417 e. The van der Waals surface area contributed by atoms with E-state index in [0.717, 1.165) is 12.3 Å². The molecule has 1 aliphatic rings. The van der Waals surface area contributed by atoms with Crippen LogP contribution in [0.2, 0.25) is 0 Å². The lowest BCUT2D eigenvalue weighted by atomic mass is 9.93. The highest BCUT2D eigenvalue weighted by Gasteiger charge is 2.31. The van der Waals surface area contributed by atoms with E-state index in [2.05, 4.69) is 20.3 Å². The van der Waals surface area contributed by atoms with Crippen molar-refractivity contribution >= 4 is 5.91 Å². The van der Waals surface area contributed by atoms with Gasteiger partial charge in [-0.2, -0.15) is 13.2 Å². The molecule has 0 saturated heterocycles. The molecule has 0 atom stereocenters. The van der Waals surface area contributed by atoms with Crippen molar-refractivity contribution in [3.05, 3.63) is 48.2 Å². The van der Waals surface area contributed by atoms with Crippen LogP contribution < -0.4 is 10.1 Å². The SMILES string of the molecule is O=C(NC1CCC(Oc2ccc(C(F)(F)F)cn2)CC1)c1cnccn1. The summed E-state index contributed by atoms with van der Waals surface area (Å²) in [5, 5.41) is 2.91. The molecule has 138 valence electrons. The largest absolute Gasteiger partial charge is 0.474 e. The van der Waals surface area contributed by atoms with Crippen molar-refractivity contribution in [2.45, 2.75) is 44.0 Å². The second-order valence-corrected chi connectivity index (χ2v) is 6.04. The predicted molar refractivity (Wildman–Crippen MR) is 85.4 cm³/mol. The van der Waals surface area contributed by atoms with E-state index in [4.69, 9.17) is 4.74 Å². The van der Waals surface area contributed by atoms with Crippen LogP contribution in [0.3, 0.4) is 0 Å². The number of hydrogen-bond donors (Lipinski definition) is 1. The molecule has 1 saturated carbocycles. The normalized spacial score (nSPS) is 20.4. The van der Waals surface area contributed by atoms with Crippen LogP contribution in [0.15, 0.2) is 36.9 Å². The Hall–Kier alpha value is -2.71. The Kier molecular flexibility index (Phi) is 5.34. The summed E-state index contributed by atoms with van der Waals surface area (Å²) in [7, 11) is 0. The second kappa shape index (κ2) is 7.67. The van der Waals surface area contributed by atoms with E-state index >= 15 is 0 Å². The van der Waals surface area contributed by atoms with Gasteiger partial charge in [-0.05, 0) is 31.7 Å². The van der Waals surface area contributed by atoms with Crippen LogP contribution in [0.25, 0.3) is 0 Å². The Morgan fingerprint density at radius 2 is 1.85 bits per heavy atom. The number of rotatable bonds is 4. The monoisotopic (exact) mass is 366 g/mol. The first kappa shape index (κ1) is 18.1. The number of ether oxygens (including phenoxy) is 1. The average Bonchev–Trinajstić information content (AvgIpc) is 2.64. The van der Waals surface area contributed by atoms with Gasteiger partial charge in [0.15, 0.2) is 0 Å². The number of halogens is 3. The average molecular weight is 366 g/mol. The lowest BCUT2D eigenvalue weighted by Gasteiger charge is -2.29. The summed E-state index contributed by atoms with van der Waals surface area (Å²) < 4.78 is 43.2. The highest BCUT2D eigenvalue weighted by molar-refractivity contribution is 5.92. The van der Waals surface area contributed by atoms with E-state index in [1.54, 1.807) is 0 Å². The number of carbonyl (C=O) groups is 1. The maximum absolute atomic E-state index is 12.5. The lowest BCUT2D eigenvalue weighted by molar-refractivity contribution is -0.137. The van der Waals surface area contributed by atoms with Crippen LogP contribution >= 0.6 is 0 Å². The topological polar surface area (TPSA) is 77.0 Å². The van der Waals surface area contributed by atoms with Crippen molar-refractivity contribution in [2.75, 3.05) is 0 Å². The molecule has 0 unspecified atom stereocenters. The molecular formula is C17H17F3N4O2. The molecule has 2 aromatic heterocycles. The third kappa shape index (κ3) is 4.68. The highest BCUT2D eigenvalue weighted by Crippen LogP contribution is 2.30. The van der Waals surface area contributed by atoms with Gasteiger partial charge in [-0.1, -0.05) is 0 Å². The summed E-state index contributed by atoms with van der Waals surface area (Å²) in [4.78, 5) is 23.6. The fourth-order valence-electron chi connectivity index (χ4n) is 2.79. The van der Waals surface area contributed by atoms with Crippen LogP contribution in [0.4, 0.5) is 13.2 Å². The van der Waals surface area contributed by atoms with Gasteiger partial charge in [0.1, 0.15) is 11.8 Å². The minimum absolute atomic E-state index is 0.00456. The molecule has 1 aliphatic carbocycles. The molecule has 0 bridgehead atoms. The maximum atomic E-state index is 12.5. The highest BCUT2D eigenvalue weighted by atomic mass is 19.4. The number of alkyl halides is 3. The molecule has 0 spiro atoms. The number of nitrogens with zero attached hydrogens (tertiary/aromatic N) is 3. The zero-order valence-electron chi connectivity index (χ0n) is 13.7. The van der Waals surface area contributed by atoms with Crippen molar-refractivity contribution in [1.82, 2.24) is 20.3 Å². The molecule has 6 nitrogen and oxygen atoms in total. The summed E-state index contributed by atoms with van der Waals surface area (Å²) in [5.74, 6) is -0.100. The zero-order valence-corrected chi connectivity index (χ0v) is 13.7. The van der Waals surface area contributed by atoms with Gasteiger partial charge in [0.05, 0.1) is 11.8 Å². The van der Waals surface area contributed by atoms with Gasteiger partial charge in [-0.25, -0.2) is 9.97 Å². The van der Waals surface area contributed by atoms with Crippen LogP contribution in [0.5, 0.6) is 5.88 Å². The van der Waals surface area contributed by atoms with E-state index in [1.807, 2.05) is 0 Å². The molecule has 0 aromatic carbocycles. The van der Waals surface area contributed by atoms with Crippen LogP contribution in [0, 0.1) is 0 Å². The first-order valence-electron chi connectivity index (χ1n) is 8.18. The minimum atomic E-state index is -4.41. The van der Waals surface area contributed by atoms with Gasteiger partial charge in [0.25, 0.3) is 5.91 Å². The van der Waals surface area contributed by atoms with Crippen LogP contribution in [-0.4, -0.2) is 33.0 Å². The molecule has 1 fully saturated rings. The van der Waals surface area contributed by atoms with Crippen molar-refractivity contribution in [3.63, 3.8) is 0 Å².